The molecule has 1 aromatic heterocycles. The molecule has 0 spiro atoms. The molecule has 3 heteroatoms. The highest BCUT2D eigenvalue weighted by molar-refractivity contribution is 5.40. The average Bonchev–Trinajstić information content (AvgIpc) is 2.35. The summed E-state index contributed by atoms with van der Waals surface area (Å²) in [6.07, 6.45) is -0.186. The second kappa shape index (κ2) is 5.27. The minimum Gasteiger partial charge on any atom is -0.392 e. The summed E-state index contributed by atoms with van der Waals surface area (Å²) in [6.45, 7) is 10.3. The number of anilines is 1. The highest BCUT2D eigenvalue weighted by Crippen LogP contribution is 2.26. The molecule has 2 atom stereocenters. The molecule has 0 bridgehead atoms. The Bertz CT molecular complexity index is 393. The van der Waals surface area contributed by atoms with Gasteiger partial charge in [-0.25, -0.2) is 4.98 Å². The van der Waals surface area contributed by atoms with Crippen LogP contribution < -0.4 is 4.90 Å². The van der Waals surface area contributed by atoms with E-state index in [0.29, 0.717) is 17.8 Å². The zero-order valence-corrected chi connectivity index (χ0v) is 11.8. The van der Waals surface area contributed by atoms with Crippen molar-refractivity contribution in [1.82, 2.24) is 4.98 Å². The van der Waals surface area contributed by atoms with Crippen LogP contribution in [0.2, 0.25) is 0 Å². The molecule has 1 saturated heterocycles. The first-order valence-electron chi connectivity index (χ1n) is 6.89. The summed E-state index contributed by atoms with van der Waals surface area (Å²) in [7, 11) is 0. The van der Waals surface area contributed by atoms with Crippen LogP contribution in [0.15, 0.2) is 18.2 Å². The minimum absolute atomic E-state index is 0.186. The zero-order valence-electron chi connectivity index (χ0n) is 11.8. The van der Waals surface area contributed by atoms with Crippen molar-refractivity contribution in [2.45, 2.75) is 39.7 Å². The number of pyridine rings is 1. The monoisotopic (exact) mass is 248 g/mol. The number of hydrogen-bond donors (Lipinski definition) is 1. The Morgan fingerprint density at radius 3 is 2.39 bits per heavy atom. The van der Waals surface area contributed by atoms with E-state index in [9.17, 15) is 5.11 Å². The Morgan fingerprint density at radius 2 is 1.83 bits per heavy atom. The second-order valence-electron chi connectivity index (χ2n) is 5.93. The number of aromatic nitrogens is 1. The molecule has 1 aliphatic rings. The van der Waals surface area contributed by atoms with Crippen LogP contribution in [-0.4, -0.2) is 29.3 Å². The fourth-order valence-corrected chi connectivity index (χ4v) is 2.67. The fraction of sp³-hybridized carbons (Fsp3) is 0.667. The summed E-state index contributed by atoms with van der Waals surface area (Å²) in [4.78, 5) is 7.03. The molecule has 0 aliphatic carbocycles. The quantitative estimate of drug-likeness (QED) is 0.874. The maximum atomic E-state index is 10.0. The van der Waals surface area contributed by atoms with E-state index in [1.807, 2.05) is 0 Å². The van der Waals surface area contributed by atoms with E-state index < -0.39 is 0 Å². The maximum Gasteiger partial charge on any atom is 0.128 e. The molecule has 1 fully saturated rings. The molecule has 0 amide bonds. The van der Waals surface area contributed by atoms with Crippen molar-refractivity contribution in [3.8, 4) is 0 Å². The first-order valence-corrected chi connectivity index (χ1v) is 6.89. The zero-order chi connectivity index (χ0) is 13.3. The molecule has 1 aliphatic heterocycles. The van der Waals surface area contributed by atoms with Gasteiger partial charge in [0.1, 0.15) is 5.82 Å². The SMILES string of the molecule is CC(C)c1cccc(N2CC(C)C(O)C(C)C2)n1. The first-order chi connectivity index (χ1) is 8.49. The van der Waals surface area contributed by atoms with Crippen molar-refractivity contribution in [3.63, 3.8) is 0 Å². The van der Waals surface area contributed by atoms with Crippen LogP contribution in [0.4, 0.5) is 5.82 Å². The number of rotatable bonds is 2. The average molecular weight is 248 g/mol. The summed E-state index contributed by atoms with van der Waals surface area (Å²) in [5.41, 5.74) is 1.14. The fourth-order valence-electron chi connectivity index (χ4n) is 2.67. The molecule has 1 N–H and O–H groups in total. The number of aliphatic hydroxyl groups is 1. The van der Waals surface area contributed by atoms with Crippen molar-refractivity contribution in [1.29, 1.82) is 0 Å². The van der Waals surface area contributed by atoms with Crippen molar-refractivity contribution >= 4 is 5.82 Å². The van der Waals surface area contributed by atoms with Crippen LogP contribution in [-0.2, 0) is 0 Å². The van der Waals surface area contributed by atoms with Gasteiger partial charge in [0.05, 0.1) is 6.10 Å². The third kappa shape index (κ3) is 2.66. The van der Waals surface area contributed by atoms with Crippen LogP contribution in [0.25, 0.3) is 0 Å². The van der Waals surface area contributed by atoms with Gasteiger partial charge in [-0.1, -0.05) is 33.8 Å². The summed E-state index contributed by atoms with van der Waals surface area (Å²) in [6, 6.07) is 6.24. The molecule has 100 valence electrons. The third-order valence-electron chi connectivity index (χ3n) is 3.85. The van der Waals surface area contributed by atoms with Gasteiger partial charge < -0.3 is 10.0 Å². The highest BCUT2D eigenvalue weighted by Gasteiger charge is 2.30. The maximum absolute atomic E-state index is 10.0. The molecule has 2 rings (SSSR count). The third-order valence-corrected chi connectivity index (χ3v) is 3.85. The molecular weight excluding hydrogens is 224 g/mol. The molecule has 1 aromatic rings. The summed E-state index contributed by atoms with van der Waals surface area (Å²) in [5.74, 6) is 2.11. The molecule has 0 saturated carbocycles. The van der Waals surface area contributed by atoms with Gasteiger partial charge in [0.15, 0.2) is 0 Å². The minimum atomic E-state index is -0.186. The predicted octanol–water partition coefficient (Wildman–Crippen LogP) is 2.66. The van der Waals surface area contributed by atoms with E-state index in [-0.39, 0.29) is 6.10 Å². The molecule has 0 radical (unpaired) electrons. The Labute approximate surface area is 110 Å². The van der Waals surface area contributed by atoms with Gasteiger partial charge in [-0.2, -0.15) is 0 Å². The normalized spacial score (nSPS) is 28.8. The van der Waals surface area contributed by atoms with Crippen LogP contribution in [0.5, 0.6) is 0 Å². The van der Waals surface area contributed by atoms with E-state index in [1.54, 1.807) is 0 Å². The summed E-state index contributed by atoms with van der Waals surface area (Å²) in [5, 5.41) is 10.0. The van der Waals surface area contributed by atoms with Gasteiger partial charge in [-0.15, -0.1) is 0 Å². The Balaban J connectivity index is 2.19. The summed E-state index contributed by atoms with van der Waals surface area (Å²) >= 11 is 0. The van der Waals surface area contributed by atoms with E-state index in [0.717, 1.165) is 24.6 Å². The van der Waals surface area contributed by atoms with Crippen LogP contribution >= 0.6 is 0 Å². The van der Waals surface area contributed by atoms with Crippen molar-refractivity contribution in [3.05, 3.63) is 23.9 Å². The molecule has 2 unspecified atom stereocenters. The summed E-state index contributed by atoms with van der Waals surface area (Å²) < 4.78 is 0. The topological polar surface area (TPSA) is 36.4 Å². The lowest BCUT2D eigenvalue weighted by Crippen LogP contribution is -2.47. The smallest absolute Gasteiger partial charge is 0.128 e. The van der Waals surface area contributed by atoms with Gasteiger partial charge in [0, 0.05) is 18.8 Å². The lowest BCUT2D eigenvalue weighted by Gasteiger charge is -2.39. The Hall–Kier alpha value is -1.09. The van der Waals surface area contributed by atoms with Crippen LogP contribution in [0, 0.1) is 11.8 Å². The molecule has 0 aromatic carbocycles. The van der Waals surface area contributed by atoms with E-state index >= 15 is 0 Å². The largest absolute Gasteiger partial charge is 0.392 e. The molecule has 3 nitrogen and oxygen atoms in total. The highest BCUT2D eigenvalue weighted by atomic mass is 16.3. The Kier molecular flexibility index (Phi) is 3.91. The molecular formula is C15H24N2O. The number of aliphatic hydroxyl groups excluding tert-OH is 1. The van der Waals surface area contributed by atoms with Gasteiger partial charge in [0.2, 0.25) is 0 Å². The van der Waals surface area contributed by atoms with Crippen molar-refractivity contribution in [2.24, 2.45) is 11.8 Å². The van der Waals surface area contributed by atoms with E-state index in [1.165, 1.54) is 0 Å². The molecule has 2 heterocycles. The van der Waals surface area contributed by atoms with Crippen molar-refractivity contribution < 1.29 is 5.11 Å². The van der Waals surface area contributed by atoms with Gasteiger partial charge in [-0.3, -0.25) is 0 Å². The lowest BCUT2D eigenvalue weighted by atomic mass is 9.88. The number of nitrogens with zero attached hydrogens (tertiary/aromatic N) is 2. The van der Waals surface area contributed by atoms with E-state index in [4.69, 9.17) is 4.98 Å². The van der Waals surface area contributed by atoms with Crippen LogP contribution in [0.1, 0.15) is 39.3 Å². The second-order valence-corrected chi connectivity index (χ2v) is 5.93. The number of piperidine rings is 1. The first kappa shape index (κ1) is 13.3. The van der Waals surface area contributed by atoms with Crippen LogP contribution in [0.3, 0.4) is 0 Å². The van der Waals surface area contributed by atoms with Gasteiger partial charge >= 0.3 is 0 Å². The Morgan fingerprint density at radius 1 is 1.22 bits per heavy atom. The number of hydrogen-bond acceptors (Lipinski definition) is 3. The van der Waals surface area contributed by atoms with E-state index in [2.05, 4.69) is 50.8 Å². The predicted molar refractivity (Wildman–Crippen MR) is 74.9 cm³/mol. The standard InChI is InChI=1S/C15H24N2O/c1-10(2)13-6-5-7-14(16-13)17-8-11(3)15(18)12(4)9-17/h5-7,10-12,15,18H,8-9H2,1-4H3. The molecule has 18 heavy (non-hydrogen) atoms. The van der Waals surface area contributed by atoms with Gasteiger partial charge in [-0.05, 0) is 29.9 Å². The van der Waals surface area contributed by atoms with Crippen molar-refractivity contribution in [2.75, 3.05) is 18.0 Å². The van der Waals surface area contributed by atoms with Gasteiger partial charge in [0.25, 0.3) is 0 Å². The lowest BCUT2D eigenvalue weighted by molar-refractivity contribution is 0.0527.